The molecule has 2 rings (SSSR count). The fraction of sp³-hybridized carbons (Fsp3) is 0.545. The van der Waals surface area contributed by atoms with E-state index >= 15 is 0 Å². The molecule has 0 radical (unpaired) electrons. The maximum absolute atomic E-state index is 11.1. The summed E-state index contributed by atoms with van der Waals surface area (Å²) in [6, 6.07) is -0.569. The summed E-state index contributed by atoms with van der Waals surface area (Å²) in [5.74, 6) is -0.211. The number of aliphatic carboxylic acids is 1. The molecule has 0 spiro atoms. The van der Waals surface area contributed by atoms with Gasteiger partial charge in [0.15, 0.2) is 0 Å². The van der Waals surface area contributed by atoms with Crippen LogP contribution in [0.4, 0.5) is 5.95 Å². The van der Waals surface area contributed by atoms with E-state index in [0.717, 1.165) is 6.42 Å². The molecule has 0 aromatic carbocycles. The molecule has 1 saturated heterocycles. The van der Waals surface area contributed by atoms with Crippen LogP contribution >= 0.6 is 11.6 Å². The highest BCUT2D eigenvalue weighted by molar-refractivity contribution is 6.31. The number of halogens is 1. The topological polar surface area (TPSA) is 75.5 Å². The van der Waals surface area contributed by atoms with Crippen LogP contribution in [0, 0.1) is 0 Å². The van der Waals surface area contributed by atoms with Gasteiger partial charge >= 0.3 is 5.97 Å². The molecule has 1 N–H and O–H groups in total. The van der Waals surface area contributed by atoms with Crippen LogP contribution in [0.25, 0.3) is 0 Å². The van der Waals surface area contributed by atoms with Crippen molar-refractivity contribution in [3.05, 3.63) is 11.2 Å². The number of carbonyl (C=O) groups is 1. The van der Waals surface area contributed by atoms with E-state index in [4.69, 9.17) is 21.4 Å². The highest BCUT2D eigenvalue weighted by Gasteiger charge is 2.32. The smallest absolute Gasteiger partial charge is 0.326 e. The van der Waals surface area contributed by atoms with Crippen LogP contribution < -0.4 is 9.64 Å². The molecule has 2 heterocycles. The summed E-state index contributed by atoms with van der Waals surface area (Å²) in [6.07, 6.45) is 2.85. The minimum absolute atomic E-state index is 0.292. The van der Waals surface area contributed by atoms with Gasteiger partial charge in [0.05, 0.1) is 12.8 Å². The Morgan fingerprint density at radius 1 is 1.72 bits per heavy atom. The van der Waals surface area contributed by atoms with E-state index in [0.29, 0.717) is 36.4 Å². The second-order valence-corrected chi connectivity index (χ2v) is 4.35. The minimum atomic E-state index is -0.857. The zero-order valence-electron chi connectivity index (χ0n) is 9.97. The van der Waals surface area contributed by atoms with Crippen LogP contribution in [-0.4, -0.2) is 40.2 Å². The standard InChI is InChI=1S/C11H14ClN3O3/c1-2-18-9-7(12)6-13-11(14-9)15-5-3-4-8(15)10(16)17/h6,8H,2-5H2,1H3,(H,16,17)/t8-/m1/s1. The zero-order valence-corrected chi connectivity index (χ0v) is 10.7. The van der Waals surface area contributed by atoms with Gasteiger partial charge in [0.2, 0.25) is 11.8 Å². The van der Waals surface area contributed by atoms with Crippen molar-refractivity contribution < 1.29 is 14.6 Å². The zero-order chi connectivity index (χ0) is 13.1. The summed E-state index contributed by atoms with van der Waals surface area (Å²) in [7, 11) is 0. The lowest BCUT2D eigenvalue weighted by molar-refractivity contribution is -0.138. The maximum atomic E-state index is 11.1. The van der Waals surface area contributed by atoms with E-state index < -0.39 is 12.0 Å². The van der Waals surface area contributed by atoms with Crippen LogP contribution in [0.1, 0.15) is 19.8 Å². The summed E-state index contributed by atoms with van der Waals surface area (Å²) < 4.78 is 5.28. The lowest BCUT2D eigenvalue weighted by atomic mass is 10.2. The van der Waals surface area contributed by atoms with Crippen molar-refractivity contribution in [3.8, 4) is 5.88 Å². The molecule has 7 heteroatoms. The summed E-state index contributed by atoms with van der Waals surface area (Å²) >= 11 is 5.90. The average Bonchev–Trinajstić information content (AvgIpc) is 2.81. The molecule has 1 aromatic rings. The number of carboxylic acid groups (broad SMARTS) is 1. The lowest BCUT2D eigenvalue weighted by Gasteiger charge is -2.21. The van der Waals surface area contributed by atoms with Crippen molar-refractivity contribution in [2.75, 3.05) is 18.1 Å². The fourth-order valence-corrected chi connectivity index (χ4v) is 2.13. The molecular formula is C11H14ClN3O3. The van der Waals surface area contributed by atoms with Gasteiger partial charge in [0.1, 0.15) is 11.1 Å². The van der Waals surface area contributed by atoms with Gasteiger partial charge in [0, 0.05) is 6.54 Å². The number of hydrogen-bond donors (Lipinski definition) is 1. The fourth-order valence-electron chi connectivity index (χ4n) is 1.98. The van der Waals surface area contributed by atoms with E-state index in [2.05, 4.69) is 9.97 Å². The number of hydrogen-bond acceptors (Lipinski definition) is 5. The van der Waals surface area contributed by atoms with Gasteiger partial charge in [-0.25, -0.2) is 9.78 Å². The molecule has 98 valence electrons. The third-order valence-electron chi connectivity index (χ3n) is 2.78. The third-order valence-corrected chi connectivity index (χ3v) is 3.03. The normalized spacial score (nSPS) is 19.0. The number of carboxylic acids is 1. The molecule has 1 aromatic heterocycles. The van der Waals surface area contributed by atoms with Crippen molar-refractivity contribution in [2.45, 2.75) is 25.8 Å². The minimum Gasteiger partial charge on any atom is -0.480 e. The average molecular weight is 272 g/mol. The Balaban J connectivity index is 2.27. The molecule has 0 aliphatic carbocycles. The van der Waals surface area contributed by atoms with Crippen LogP contribution in [-0.2, 0) is 4.79 Å². The molecule has 18 heavy (non-hydrogen) atoms. The largest absolute Gasteiger partial charge is 0.480 e. The number of aromatic nitrogens is 2. The molecule has 1 fully saturated rings. The molecule has 0 unspecified atom stereocenters. The summed E-state index contributed by atoms with van der Waals surface area (Å²) in [5.41, 5.74) is 0. The Hall–Kier alpha value is -1.56. The van der Waals surface area contributed by atoms with Gasteiger partial charge in [-0.15, -0.1) is 0 Å². The second kappa shape index (κ2) is 5.39. The highest BCUT2D eigenvalue weighted by Crippen LogP contribution is 2.27. The van der Waals surface area contributed by atoms with Crippen LogP contribution in [0.3, 0.4) is 0 Å². The van der Waals surface area contributed by atoms with Gasteiger partial charge in [-0.2, -0.15) is 4.98 Å². The molecule has 0 bridgehead atoms. The first kappa shape index (κ1) is 12.9. The Morgan fingerprint density at radius 3 is 3.17 bits per heavy atom. The number of rotatable bonds is 4. The lowest BCUT2D eigenvalue weighted by Crippen LogP contribution is -2.37. The molecular weight excluding hydrogens is 258 g/mol. The molecule has 1 atom stereocenters. The Bertz CT molecular complexity index is 455. The van der Waals surface area contributed by atoms with Crippen LogP contribution in [0.5, 0.6) is 5.88 Å². The number of ether oxygens (including phenoxy) is 1. The molecule has 1 aliphatic rings. The van der Waals surface area contributed by atoms with Gasteiger partial charge in [-0.1, -0.05) is 11.6 Å². The maximum Gasteiger partial charge on any atom is 0.326 e. The number of nitrogens with zero attached hydrogens (tertiary/aromatic N) is 3. The van der Waals surface area contributed by atoms with Crippen LogP contribution in [0.2, 0.25) is 5.02 Å². The van der Waals surface area contributed by atoms with Crippen molar-refractivity contribution in [2.24, 2.45) is 0 Å². The van der Waals surface area contributed by atoms with Crippen molar-refractivity contribution in [3.63, 3.8) is 0 Å². The Morgan fingerprint density at radius 2 is 2.50 bits per heavy atom. The summed E-state index contributed by atoms with van der Waals surface area (Å²) in [4.78, 5) is 21.0. The molecule has 1 aliphatic heterocycles. The van der Waals surface area contributed by atoms with Crippen molar-refractivity contribution in [1.29, 1.82) is 0 Å². The van der Waals surface area contributed by atoms with Gasteiger partial charge in [-0.05, 0) is 19.8 Å². The Labute approximate surface area is 110 Å². The first-order valence-corrected chi connectivity index (χ1v) is 6.16. The van der Waals surface area contributed by atoms with E-state index in [1.165, 1.54) is 6.20 Å². The van der Waals surface area contributed by atoms with Crippen LogP contribution in [0.15, 0.2) is 6.20 Å². The molecule has 6 nitrogen and oxygen atoms in total. The predicted molar refractivity (Wildman–Crippen MR) is 66.2 cm³/mol. The van der Waals surface area contributed by atoms with Gasteiger partial charge < -0.3 is 14.7 Å². The van der Waals surface area contributed by atoms with E-state index in [1.807, 2.05) is 6.92 Å². The predicted octanol–water partition coefficient (Wildman–Crippen LogP) is 1.58. The molecule has 0 saturated carbocycles. The Kier molecular flexibility index (Phi) is 3.86. The van der Waals surface area contributed by atoms with Gasteiger partial charge in [0.25, 0.3) is 0 Å². The molecule has 0 amide bonds. The first-order valence-electron chi connectivity index (χ1n) is 5.78. The van der Waals surface area contributed by atoms with E-state index in [-0.39, 0.29) is 0 Å². The second-order valence-electron chi connectivity index (χ2n) is 3.95. The SMILES string of the molecule is CCOc1nc(N2CCC[C@@H]2C(=O)O)ncc1Cl. The van der Waals surface area contributed by atoms with E-state index in [1.54, 1.807) is 4.90 Å². The summed E-state index contributed by atoms with van der Waals surface area (Å²) in [6.45, 7) is 2.90. The summed E-state index contributed by atoms with van der Waals surface area (Å²) in [5, 5.41) is 9.44. The third kappa shape index (κ3) is 2.48. The van der Waals surface area contributed by atoms with E-state index in [9.17, 15) is 4.79 Å². The van der Waals surface area contributed by atoms with Crippen molar-refractivity contribution >= 4 is 23.5 Å². The quantitative estimate of drug-likeness (QED) is 0.896. The first-order chi connectivity index (χ1) is 8.63. The highest BCUT2D eigenvalue weighted by atomic mass is 35.5. The monoisotopic (exact) mass is 271 g/mol. The van der Waals surface area contributed by atoms with Crippen molar-refractivity contribution in [1.82, 2.24) is 9.97 Å². The number of anilines is 1. The van der Waals surface area contributed by atoms with Gasteiger partial charge in [-0.3, -0.25) is 0 Å².